The minimum Gasteiger partial charge on any atom is -0.316 e. The Morgan fingerprint density at radius 1 is 1.20 bits per heavy atom. The molecule has 20 heavy (non-hydrogen) atoms. The van der Waals surface area contributed by atoms with Crippen LogP contribution in [0.2, 0.25) is 0 Å². The molecule has 1 aliphatic heterocycles. The van der Waals surface area contributed by atoms with Gasteiger partial charge in [0.15, 0.2) is 0 Å². The van der Waals surface area contributed by atoms with E-state index in [0.717, 1.165) is 25.9 Å². The van der Waals surface area contributed by atoms with Gasteiger partial charge in [0.05, 0.1) is 17.4 Å². The van der Waals surface area contributed by atoms with Crippen LogP contribution in [0.15, 0.2) is 16.8 Å². The van der Waals surface area contributed by atoms with Crippen LogP contribution in [0.4, 0.5) is 0 Å². The maximum atomic E-state index is 5.03. The van der Waals surface area contributed by atoms with Crippen molar-refractivity contribution in [3.8, 4) is 11.3 Å². The average molecular weight is 287 g/mol. The molecule has 1 N–H and O–H groups in total. The van der Waals surface area contributed by atoms with Gasteiger partial charge in [0, 0.05) is 29.5 Å². The molecule has 1 saturated carbocycles. The molecule has 3 heterocycles. The highest BCUT2D eigenvalue weighted by atomic mass is 32.1. The second-order valence-corrected chi connectivity index (χ2v) is 6.70. The molecule has 2 aliphatic rings. The van der Waals surface area contributed by atoms with Crippen LogP contribution in [0, 0.1) is 0 Å². The minimum atomic E-state index is 0.629. The first kappa shape index (κ1) is 12.6. The number of thiophene rings is 1. The van der Waals surface area contributed by atoms with E-state index in [2.05, 4.69) is 26.8 Å². The Kier molecular flexibility index (Phi) is 3.36. The van der Waals surface area contributed by atoms with Gasteiger partial charge in [-0.25, -0.2) is 0 Å². The van der Waals surface area contributed by atoms with Crippen molar-refractivity contribution in [3.63, 3.8) is 0 Å². The van der Waals surface area contributed by atoms with Gasteiger partial charge >= 0.3 is 0 Å². The number of aromatic nitrogens is 2. The fourth-order valence-electron chi connectivity index (χ4n) is 3.64. The molecule has 0 radical (unpaired) electrons. The van der Waals surface area contributed by atoms with Crippen molar-refractivity contribution < 1.29 is 0 Å². The Morgan fingerprint density at radius 3 is 2.85 bits per heavy atom. The average Bonchev–Trinajstić information content (AvgIpc) is 3.16. The van der Waals surface area contributed by atoms with Gasteiger partial charge < -0.3 is 5.32 Å². The number of nitrogens with one attached hydrogen (secondary N) is 1. The lowest BCUT2D eigenvalue weighted by molar-refractivity contribution is 0.466. The first-order valence-electron chi connectivity index (χ1n) is 7.77. The highest BCUT2D eigenvalue weighted by molar-refractivity contribution is 7.08. The van der Waals surface area contributed by atoms with Crippen molar-refractivity contribution in [1.29, 1.82) is 0 Å². The van der Waals surface area contributed by atoms with E-state index in [4.69, 9.17) is 5.10 Å². The number of hydrogen-bond donors (Lipinski definition) is 1. The fourth-order valence-corrected chi connectivity index (χ4v) is 4.28. The number of fused-ring (bicyclic) bond motifs is 1. The van der Waals surface area contributed by atoms with Gasteiger partial charge in [-0.05, 0) is 37.3 Å². The molecular weight excluding hydrogens is 266 g/mol. The molecule has 0 saturated heterocycles. The molecule has 106 valence electrons. The molecule has 1 aliphatic carbocycles. The zero-order valence-electron chi connectivity index (χ0n) is 11.8. The lowest BCUT2D eigenvalue weighted by Gasteiger charge is -2.15. The fraction of sp³-hybridized carbons (Fsp3) is 0.562. The summed E-state index contributed by atoms with van der Waals surface area (Å²) in [6.07, 6.45) is 7.52. The zero-order valence-corrected chi connectivity index (χ0v) is 12.6. The van der Waals surface area contributed by atoms with E-state index >= 15 is 0 Å². The topological polar surface area (TPSA) is 29.9 Å². The van der Waals surface area contributed by atoms with Gasteiger partial charge in [-0.2, -0.15) is 16.4 Å². The summed E-state index contributed by atoms with van der Waals surface area (Å²) in [5.41, 5.74) is 5.62. The van der Waals surface area contributed by atoms with Crippen molar-refractivity contribution in [1.82, 2.24) is 15.1 Å². The number of nitrogens with zero attached hydrogens (tertiary/aromatic N) is 2. The predicted octanol–water partition coefficient (Wildman–Crippen LogP) is 3.41. The van der Waals surface area contributed by atoms with E-state index in [1.54, 1.807) is 11.3 Å². The molecule has 2 aromatic heterocycles. The molecule has 4 rings (SSSR count). The lowest BCUT2D eigenvalue weighted by atomic mass is 10.0. The largest absolute Gasteiger partial charge is 0.316 e. The molecule has 0 unspecified atom stereocenters. The molecule has 4 heteroatoms. The van der Waals surface area contributed by atoms with E-state index < -0.39 is 0 Å². The van der Waals surface area contributed by atoms with Crippen molar-refractivity contribution in [2.45, 2.75) is 44.6 Å². The highest BCUT2D eigenvalue weighted by Crippen LogP contribution is 2.37. The SMILES string of the molecule is c1cc(-c2c3c(nn2C2CCCC2)CCNCC3)cs1. The van der Waals surface area contributed by atoms with Crippen LogP contribution in [-0.4, -0.2) is 22.9 Å². The van der Waals surface area contributed by atoms with Crippen LogP contribution in [-0.2, 0) is 12.8 Å². The quantitative estimate of drug-likeness (QED) is 0.917. The summed E-state index contributed by atoms with van der Waals surface area (Å²) in [6, 6.07) is 2.89. The van der Waals surface area contributed by atoms with E-state index in [1.807, 2.05) is 0 Å². The van der Waals surface area contributed by atoms with Crippen LogP contribution in [0.5, 0.6) is 0 Å². The summed E-state index contributed by atoms with van der Waals surface area (Å²) in [4.78, 5) is 0. The molecular formula is C16H21N3S. The van der Waals surface area contributed by atoms with Crippen LogP contribution in [0.3, 0.4) is 0 Å². The highest BCUT2D eigenvalue weighted by Gasteiger charge is 2.26. The first-order chi connectivity index (χ1) is 9.93. The van der Waals surface area contributed by atoms with E-state index in [-0.39, 0.29) is 0 Å². The van der Waals surface area contributed by atoms with Crippen molar-refractivity contribution >= 4 is 11.3 Å². The smallest absolute Gasteiger partial charge is 0.0729 e. The zero-order chi connectivity index (χ0) is 13.4. The first-order valence-corrected chi connectivity index (χ1v) is 8.71. The summed E-state index contributed by atoms with van der Waals surface area (Å²) < 4.78 is 2.38. The third-order valence-electron chi connectivity index (χ3n) is 4.65. The summed E-state index contributed by atoms with van der Waals surface area (Å²) in [5, 5.41) is 13.0. The van der Waals surface area contributed by atoms with Crippen LogP contribution in [0.25, 0.3) is 11.3 Å². The number of hydrogen-bond acceptors (Lipinski definition) is 3. The normalized spacial score (nSPS) is 20.0. The lowest BCUT2D eigenvalue weighted by Crippen LogP contribution is -2.17. The van der Waals surface area contributed by atoms with E-state index in [0.29, 0.717) is 6.04 Å². The summed E-state index contributed by atoms with van der Waals surface area (Å²) in [6.45, 7) is 2.15. The summed E-state index contributed by atoms with van der Waals surface area (Å²) in [7, 11) is 0. The number of rotatable bonds is 2. The molecule has 0 aromatic carbocycles. The second-order valence-electron chi connectivity index (χ2n) is 5.92. The van der Waals surface area contributed by atoms with Gasteiger partial charge in [0.1, 0.15) is 0 Å². The third kappa shape index (κ3) is 2.11. The van der Waals surface area contributed by atoms with E-state index in [9.17, 15) is 0 Å². The Bertz CT molecular complexity index is 579. The van der Waals surface area contributed by atoms with Gasteiger partial charge in [0.25, 0.3) is 0 Å². The Morgan fingerprint density at radius 2 is 2.05 bits per heavy atom. The predicted molar refractivity (Wildman–Crippen MR) is 83.3 cm³/mol. The van der Waals surface area contributed by atoms with Crippen molar-refractivity contribution in [2.24, 2.45) is 0 Å². The summed E-state index contributed by atoms with van der Waals surface area (Å²) >= 11 is 1.79. The molecule has 3 nitrogen and oxygen atoms in total. The summed E-state index contributed by atoms with van der Waals surface area (Å²) in [5.74, 6) is 0. The molecule has 0 atom stereocenters. The molecule has 2 aromatic rings. The van der Waals surface area contributed by atoms with Crippen molar-refractivity contribution in [3.05, 3.63) is 28.1 Å². The standard InChI is InChI=1S/C16H21N3S/c1-2-4-13(3-1)19-16(12-7-10-20-11-12)14-5-8-17-9-6-15(14)18-19/h7,10-11,13,17H,1-6,8-9H2. The van der Waals surface area contributed by atoms with Crippen LogP contribution < -0.4 is 5.32 Å². The Labute approximate surface area is 124 Å². The molecule has 0 amide bonds. The second kappa shape index (κ2) is 5.34. The molecule has 0 bridgehead atoms. The Hall–Kier alpha value is -1.13. The van der Waals surface area contributed by atoms with Crippen LogP contribution in [0.1, 0.15) is 43.0 Å². The van der Waals surface area contributed by atoms with Crippen molar-refractivity contribution in [2.75, 3.05) is 13.1 Å². The van der Waals surface area contributed by atoms with Gasteiger partial charge in [-0.3, -0.25) is 4.68 Å². The van der Waals surface area contributed by atoms with E-state index in [1.165, 1.54) is 48.2 Å². The maximum absolute atomic E-state index is 5.03. The monoisotopic (exact) mass is 287 g/mol. The third-order valence-corrected chi connectivity index (χ3v) is 5.33. The minimum absolute atomic E-state index is 0.629. The Balaban J connectivity index is 1.85. The van der Waals surface area contributed by atoms with Gasteiger partial charge in [-0.15, -0.1) is 0 Å². The van der Waals surface area contributed by atoms with Crippen LogP contribution >= 0.6 is 11.3 Å². The van der Waals surface area contributed by atoms with Gasteiger partial charge in [-0.1, -0.05) is 12.8 Å². The maximum Gasteiger partial charge on any atom is 0.0729 e. The molecule has 0 spiro atoms. The van der Waals surface area contributed by atoms with Gasteiger partial charge in [0.2, 0.25) is 0 Å². The molecule has 1 fully saturated rings.